The lowest BCUT2D eigenvalue weighted by Gasteiger charge is -2.47. The smallest absolute Gasteiger partial charge is 0.311 e. The Hall–Kier alpha value is -3.52. The number of aliphatic hydroxyl groups excluding tert-OH is 9. The van der Waals surface area contributed by atoms with Gasteiger partial charge in [0.2, 0.25) is 0 Å². The minimum atomic E-state index is -2.35. The molecule has 3 heterocycles. The topological polar surface area (TPSA) is 349 Å². The number of fused-ring (bicyclic) bond motifs is 2. The molecule has 15 N–H and O–H groups in total. The molecule has 0 aromatic carbocycles. The number of carboxylic acids is 1. The summed E-state index contributed by atoms with van der Waals surface area (Å²) in [6.45, 7) is 7.77. The maximum Gasteiger partial charge on any atom is 0.311 e. The Morgan fingerprint density at radius 2 is 1.24 bits per heavy atom. The summed E-state index contributed by atoms with van der Waals surface area (Å²) in [5.74, 6) is -6.88. The molecule has 0 amide bonds. The number of allylic oxidation sites excluding steroid dienone is 12. The van der Waals surface area contributed by atoms with Crippen molar-refractivity contribution in [3.05, 3.63) is 85.1 Å². The number of carbonyl (C=O) groups is 2. The molecule has 3 rings (SSSR count). The van der Waals surface area contributed by atoms with Crippen LogP contribution < -0.4 is 11.5 Å². The Bertz CT molecular complexity index is 1790. The quantitative estimate of drug-likeness (QED) is 0.142. The highest BCUT2D eigenvalue weighted by Crippen LogP contribution is 2.38. The maximum absolute atomic E-state index is 12.7. The summed E-state index contributed by atoms with van der Waals surface area (Å²) in [5.41, 5.74) is 11.7. The first-order valence-corrected chi connectivity index (χ1v) is 24.7. The summed E-state index contributed by atoms with van der Waals surface area (Å²) < 4.78 is 23.8. The van der Waals surface area contributed by atoms with Gasteiger partial charge in [0.05, 0.1) is 79.6 Å². The van der Waals surface area contributed by atoms with Crippen LogP contribution >= 0.6 is 0 Å². The Labute approximate surface area is 417 Å². The first-order chi connectivity index (χ1) is 33.6. The molecule has 2 fully saturated rings. The highest BCUT2D eigenvalue weighted by atomic mass is 16.7. The van der Waals surface area contributed by atoms with Crippen LogP contribution in [0.2, 0.25) is 0 Å². The molecule has 20 heteroatoms. The number of cyclic esters (lactones) is 1. The number of carboxylic acid groups (broad SMARTS) is 1. The van der Waals surface area contributed by atoms with Crippen LogP contribution in [0.3, 0.4) is 0 Å². The highest BCUT2D eigenvalue weighted by molar-refractivity contribution is 5.71. The van der Waals surface area contributed by atoms with Gasteiger partial charge in [0.15, 0.2) is 12.1 Å². The first kappa shape index (κ1) is 61.8. The van der Waals surface area contributed by atoms with Gasteiger partial charge >= 0.3 is 11.9 Å². The van der Waals surface area contributed by atoms with Crippen molar-refractivity contribution >= 4 is 11.9 Å². The Balaban J connectivity index is 1.93. The molecular weight excluding hydrogens is 927 g/mol. The first-order valence-electron chi connectivity index (χ1n) is 24.7. The van der Waals surface area contributed by atoms with Crippen LogP contribution in [0.25, 0.3) is 0 Å². The Morgan fingerprint density at radius 3 is 1.80 bits per heavy atom. The monoisotopic (exact) mass is 1010 g/mol. The van der Waals surface area contributed by atoms with E-state index in [0.29, 0.717) is 0 Å². The third-order valence-corrected chi connectivity index (χ3v) is 13.2. The number of hydrogen-bond acceptors (Lipinski definition) is 19. The van der Waals surface area contributed by atoms with Crippen LogP contribution in [0.5, 0.6) is 0 Å². The number of aliphatic hydroxyl groups is 10. The van der Waals surface area contributed by atoms with Gasteiger partial charge in [-0.05, 0) is 33.1 Å². The van der Waals surface area contributed by atoms with Crippen molar-refractivity contribution in [2.45, 2.75) is 177 Å². The van der Waals surface area contributed by atoms with E-state index in [-0.39, 0.29) is 57.8 Å². The number of carbonyl (C=O) groups excluding carboxylic acids is 1. The Morgan fingerprint density at radius 1 is 0.676 bits per heavy atom. The van der Waals surface area contributed by atoms with Gasteiger partial charge in [0.25, 0.3) is 0 Å². The second-order valence-corrected chi connectivity index (χ2v) is 19.1. The maximum atomic E-state index is 12.7. The number of nitrogens with zero attached hydrogens (tertiary/aromatic N) is 1. The van der Waals surface area contributed by atoms with E-state index in [9.17, 15) is 65.8 Å². The third-order valence-electron chi connectivity index (χ3n) is 13.2. The minimum absolute atomic E-state index is 0.113. The lowest BCUT2D eigenvalue weighted by molar-refractivity contribution is -0.312. The molecule has 0 saturated carbocycles. The standard InChI is InChI=1S/C51H83N3O17/c1-31-17-15-13-11-9-7-5-6-8-10-12-14-16-18-38(70-50-48(64)45(47(63)34(4)69-50)54(23-21-52)24-22-53)28-42-44(49(65)66)41(60)30-51(67,71-42)29-37(57)26-40(59)39(58)20-19-35(55)25-36(56)27-43(61)68-33(3)32(2)46(31)62/h5-18,31-42,44-48,50,55-60,62-64,67H,19-30,52-53H2,1-4H3,(H,65,66)/b6-5+,9-7+,10-8+,13-11+,14-12+,17-15+,18-16+/t31-,32-,33-,34+,35+,36+,37-,38-,39+,40+,41-,42-,44+,45-,46+,47+,48-,50-,51+/m0/s1. The molecule has 3 aliphatic rings. The van der Waals surface area contributed by atoms with Gasteiger partial charge in [0, 0.05) is 63.7 Å². The van der Waals surface area contributed by atoms with E-state index >= 15 is 0 Å². The van der Waals surface area contributed by atoms with E-state index in [1.165, 1.54) is 0 Å². The average Bonchev–Trinajstić information content (AvgIpc) is 3.28. The zero-order valence-corrected chi connectivity index (χ0v) is 41.4. The summed E-state index contributed by atoms with van der Waals surface area (Å²) in [6.07, 6.45) is 3.47. The van der Waals surface area contributed by atoms with Crippen LogP contribution in [-0.2, 0) is 28.5 Å². The molecule has 3 aliphatic heterocycles. The molecule has 19 atom stereocenters. The summed E-state index contributed by atoms with van der Waals surface area (Å²) in [6, 6.07) is -0.919. The molecule has 0 radical (unpaired) electrons. The van der Waals surface area contributed by atoms with E-state index in [4.69, 9.17) is 30.4 Å². The van der Waals surface area contributed by atoms with Crippen LogP contribution in [-0.4, -0.2) is 197 Å². The van der Waals surface area contributed by atoms with E-state index < -0.39 is 147 Å². The van der Waals surface area contributed by atoms with Gasteiger partial charge in [-0.1, -0.05) is 98.9 Å². The van der Waals surface area contributed by atoms with Crippen molar-refractivity contribution in [3.63, 3.8) is 0 Å². The summed E-state index contributed by atoms with van der Waals surface area (Å²) in [4.78, 5) is 27.1. The second-order valence-electron chi connectivity index (χ2n) is 19.1. The molecule has 0 unspecified atom stereocenters. The molecule has 2 saturated heterocycles. The predicted octanol–water partition coefficient (Wildman–Crippen LogP) is -0.0276. The van der Waals surface area contributed by atoms with Crippen LogP contribution in [0.1, 0.15) is 79.1 Å². The van der Waals surface area contributed by atoms with E-state index in [2.05, 4.69) is 0 Å². The molecule has 2 bridgehead atoms. The van der Waals surface area contributed by atoms with Crippen molar-refractivity contribution < 1.29 is 84.7 Å². The van der Waals surface area contributed by atoms with Crippen molar-refractivity contribution in [1.29, 1.82) is 0 Å². The average molecular weight is 1010 g/mol. The fraction of sp³-hybridized carbons (Fsp3) is 0.686. The SMILES string of the molecule is C[C@@H]1[C@H](O)[C@@H](C)/C=C/C=C/C=C/C=C/C=C/C=C/C=C/[C@H](O[C@@H]2O[C@H](C)[C@@H](O)[C@H](N(CCN)CCN)[C@@H]2O)C[C@@H]2O[C@](O)(C[C@@H](O)C[C@@H](O)[C@H](O)CC[C@@H](O)C[C@@H](O)CC(=O)O[C@H]1C)C[C@H](O)[C@H]2C(=O)O. The summed E-state index contributed by atoms with van der Waals surface area (Å²) in [5, 5.41) is 121. The zero-order valence-electron chi connectivity index (χ0n) is 41.4. The lowest BCUT2D eigenvalue weighted by Crippen LogP contribution is -2.65. The molecule has 0 aromatic heterocycles. The highest BCUT2D eigenvalue weighted by Gasteiger charge is 2.51. The van der Waals surface area contributed by atoms with Gasteiger partial charge in [0.1, 0.15) is 18.1 Å². The fourth-order valence-electron chi connectivity index (χ4n) is 9.09. The molecule has 0 aromatic rings. The predicted molar refractivity (Wildman–Crippen MR) is 262 cm³/mol. The molecular formula is C51H83N3O17. The largest absolute Gasteiger partial charge is 0.481 e. The molecule has 71 heavy (non-hydrogen) atoms. The number of nitrogens with two attached hydrogens (primary N) is 2. The van der Waals surface area contributed by atoms with E-state index in [1.54, 1.807) is 86.4 Å². The van der Waals surface area contributed by atoms with Crippen LogP contribution in [0.15, 0.2) is 85.1 Å². The molecule has 0 spiro atoms. The third kappa shape index (κ3) is 20.7. The van der Waals surface area contributed by atoms with E-state index in [0.717, 1.165) is 0 Å². The number of rotatable bonds is 8. The van der Waals surface area contributed by atoms with Gasteiger partial charge in [-0.15, -0.1) is 0 Å². The number of aliphatic carboxylic acids is 1. The molecule has 20 nitrogen and oxygen atoms in total. The summed E-state index contributed by atoms with van der Waals surface area (Å²) in [7, 11) is 0. The van der Waals surface area contributed by atoms with Crippen molar-refractivity contribution in [2.24, 2.45) is 29.2 Å². The van der Waals surface area contributed by atoms with Crippen LogP contribution in [0, 0.1) is 17.8 Å². The van der Waals surface area contributed by atoms with Gasteiger partial charge in [-0.2, -0.15) is 0 Å². The second kappa shape index (κ2) is 31.3. The van der Waals surface area contributed by atoms with Gasteiger partial charge < -0.3 is 86.6 Å². The molecule has 0 aliphatic carbocycles. The van der Waals surface area contributed by atoms with Gasteiger partial charge in [-0.25, -0.2) is 0 Å². The lowest BCUT2D eigenvalue weighted by atomic mass is 9.82. The Kier molecular flexibility index (Phi) is 27.2. The van der Waals surface area contributed by atoms with Crippen molar-refractivity contribution in [1.82, 2.24) is 4.90 Å². The fourth-order valence-corrected chi connectivity index (χ4v) is 9.09. The van der Waals surface area contributed by atoms with Crippen molar-refractivity contribution in [2.75, 3.05) is 26.2 Å². The van der Waals surface area contributed by atoms with E-state index in [1.807, 2.05) is 31.2 Å². The van der Waals surface area contributed by atoms with Crippen LogP contribution in [0.4, 0.5) is 0 Å². The number of hydrogen-bond donors (Lipinski definition) is 13. The number of ether oxygens (including phenoxy) is 4. The summed E-state index contributed by atoms with van der Waals surface area (Å²) >= 11 is 0. The molecule has 404 valence electrons. The normalized spacial score (nSPS) is 42.7. The number of esters is 1. The van der Waals surface area contributed by atoms with Gasteiger partial charge in [-0.3, -0.25) is 14.5 Å². The zero-order chi connectivity index (χ0) is 52.8. The minimum Gasteiger partial charge on any atom is -0.481 e. The van der Waals surface area contributed by atoms with Crippen molar-refractivity contribution in [3.8, 4) is 0 Å².